The molecular formula is C20H20N2O3. The smallest absolute Gasteiger partial charge is 0.355 e. The lowest BCUT2D eigenvalue weighted by molar-refractivity contribution is -0.126. The highest BCUT2D eigenvalue weighted by Gasteiger charge is 2.25. The zero-order chi connectivity index (χ0) is 17.8. The van der Waals surface area contributed by atoms with E-state index in [4.69, 9.17) is 4.74 Å². The normalized spacial score (nSPS) is 11.9. The van der Waals surface area contributed by atoms with Crippen molar-refractivity contribution in [1.82, 2.24) is 4.98 Å². The molecule has 0 saturated carbocycles. The van der Waals surface area contributed by atoms with Crippen molar-refractivity contribution in [2.24, 2.45) is 0 Å². The molecule has 2 aromatic carbocycles. The van der Waals surface area contributed by atoms with Gasteiger partial charge in [0.2, 0.25) is 0 Å². The van der Waals surface area contributed by atoms with Crippen molar-refractivity contribution in [1.29, 1.82) is 0 Å². The molecule has 25 heavy (non-hydrogen) atoms. The van der Waals surface area contributed by atoms with Crippen molar-refractivity contribution in [2.45, 2.75) is 20.0 Å². The molecule has 1 amide bonds. The average molecular weight is 336 g/mol. The maximum Gasteiger partial charge on any atom is 0.355 e. The fourth-order valence-electron chi connectivity index (χ4n) is 2.75. The summed E-state index contributed by atoms with van der Waals surface area (Å²) in [6, 6.07) is 18.6. The highest BCUT2D eigenvalue weighted by molar-refractivity contribution is 6.00. The second-order valence-electron chi connectivity index (χ2n) is 5.74. The number of ether oxygens (including phenoxy) is 1. The van der Waals surface area contributed by atoms with E-state index in [1.807, 2.05) is 61.5 Å². The monoisotopic (exact) mass is 336 g/mol. The van der Waals surface area contributed by atoms with E-state index in [0.717, 1.165) is 16.6 Å². The van der Waals surface area contributed by atoms with Gasteiger partial charge in [-0.25, -0.2) is 4.79 Å². The van der Waals surface area contributed by atoms with Crippen molar-refractivity contribution in [3.05, 3.63) is 66.4 Å². The lowest BCUT2D eigenvalue weighted by atomic mass is 10.2. The van der Waals surface area contributed by atoms with Crippen LogP contribution in [-0.2, 0) is 9.53 Å². The first-order valence-electron chi connectivity index (χ1n) is 8.25. The van der Waals surface area contributed by atoms with E-state index in [1.165, 1.54) is 0 Å². The first-order valence-corrected chi connectivity index (χ1v) is 8.25. The Labute approximate surface area is 146 Å². The molecule has 0 radical (unpaired) electrons. The number of amides is 1. The standard InChI is InChI=1S/C20H20N2O3/c1-3-22(16-10-5-4-6-11-16)19(23)14(2)25-20(24)18-13-15-9-7-8-12-17(15)21-18/h4-14,21H,3H2,1-2H3/t14-/m0/s1. The zero-order valence-electron chi connectivity index (χ0n) is 14.2. The molecule has 1 aromatic heterocycles. The Balaban J connectivity index is 1.73. The van der Waals surface area contributed by atoms with Crippen LogP contribution in [0.1, 0.15) is 24.3 Å². The number of esters is 1. The Bertz CT molecular complexity index is 853. The van der Waals surface area contributed by atoms with Gasteiger partial charge in [-0.2, -0.15) is 0 Å². The molecular weight excluding hydrogens is 316 g/mol. The van der Waals surface area contributed by atoms with Crippen LogP contribution in [0.5, 0.6) is 0 Å². The molecule has 0 unspecified atom stereocenters. The average Bonchev–Trinajstić information content (AvgIpc) is 3.07. The van der Waals surface area contributed by atoms with Crippen molar-refractivity contribution in [3.63, 3.8) is 0 Å². The summed E-state index contributed by atoms with van der Waals surface area (Å²) in [5, 5.41) is 0.924. The molecule has 5 nitrogen and oxygen atoms in total. The van der Waals surface area contributed by atoms with Gasteiger partial charge in [0.05, 0.1) is 0 Å². The van der Waals surface area contributed by atoms with Crippen LogP contribution < -0.4 is 4.90 Å². The predicted octanol–water partition coefficient (Wildman–Crippen LogP) is 3.77. The lowest BCUT2D eigenvalue weighted by Gasteiger charge is -2.24. The summed E-state index contributed by atoms with van der Waals surface area (Å²) >= 11 is 0. The van der Waals surface area contributed by atoms with Gasteiger partial charge in [-0.3, -0.25) is 4.79 Å². The molecule has 1 N–H and O–H groups in total. The Morgan fingerprint density at radius 1 is 1.08 bits per heavy atom. The van der Waals surface area contributed by atoms with Crippen LogP contribution in [0, 0.1) is 0 Å². The minimum absolute atomic E-state index is 0.252. The van der Waals surface area contributed by atoms with Crippen LogP contribution >= 0.6 is 0 Å². The number of hydrogen-bond acceptors (Lipinski definition) is 3. The number of carbonyl (C=O) groups is 2. The number of para-hydroxylation sites is 2. The molecule has 5 heteroatoms. The van der Waals surface area contributed by atoms with Gasteiger partial charge in [0.1, 0.15) is 5.69 Å². The van der Waals surface area contributed by atoms with E-state index in [0.29, 0.717) is 12.2 Å². The number of fused-ring (bicyclic) bond motifs is 1. The van der Waals surface area contributed by atoms with Crippen LogP contribution in [0.4, 0.5) is 5.69 Å². The summed E-state index contributed by atoms with van der Waals surface area (Å²) < 4.78 is 5.37. The molecule has 1 heterocycles. The van der Waals surface area contributed by atoms with E-state index in [9.17, 15) is 9.59 Å². The molecule has 3 rings (SSSR count). The molecule has 0 fully saturated rings. The van der Waals surface area contributed by atoms with Gasteiger partial charge in [-0.05, 0) is 38.1 Å². The largest absolute Gasteiger partial charge is 0.448 e. The van der Waals surface area contributed by atoms with Gasteiger partial charge >= 0.3 is 5.97 Å². The zero-order valence-corrected chi connectivity index (χ0v) is 14.2. The van der Waals surface area contributed by atoms with Gasteiger partial charge in [0.15, 0.2) is 6.10 Å². The maximum atomic E-state index is 12.7. The Kier molecular flexibility index (Phi) is 4.84. The minimum atomic E-state index is -0.876. The van der Waals surface area contributed by atoms with Crippen LogP contribution in [0.15, 0.2) is 60.7 Å². The molecule has 1 atom stereocenters. The predicted molar refractivity (Wildman–Crippen MR) is 97.6 cm³/mol. The SMILES string of the molecule is CCN(C(=O)[C@H](C)OC(=O)c1cc2ccccc2[nH]1)c1ccccc1. The van der Waals surface area contributed by atoms with Crippen molar-refractivity contribution in [2.75, 3.05) is 11.4 Å². The fraction of sp³-hybridized carbons (Fsp3) is 0.200. The number of nitrogens with zero attached hydrogens (tertiary/aromatic N) is 1. The quantitative estimate of drug-likeness (QED) is 0.722. The van der Waals surface area contributed by atoms with E-state index in [2.05, 4.69) is 4.98 Å². The van der Waals surface area contributed by atoms with Crippen molar-refractivity contribution >= 4 is 28.5 Å². The molecule has 0 saturated heterocycles. The van der Waals surface area contributed by atoms with E-state index in [1.54, 1.807) is 17.9 Å². The van der Waals surface area contributed by atoms with Crippen molar-refractivity contribution in [3.8, 4) is 0 Å². The first kappa shape index (κ1) is 16.8. The Morgan fingerprint density at radius 3 is 2.44 bits per heavy atom. The van der Waals surface area contributed by atoms with E-state index < -0.39 is 12.1 Å². The summed E-state index contributed by atoms with van der Waals surface area (Å²) in [6.07, 6.45) is -0.876. The molecule has 3 aromatic rings. The van der Waals surface area contributed by atoms with Crippen LogP contribution in [0.2, 0.25) is 0 Å². The number of likely N-dealkylation sites (N-methyl/N-ethyl adjacent to an activating group) is 1. The number of aromatic nitrogens is 1. The van der Waals surface area contributed by atoms with Gasteiger partial charge in [0, 0.05) is 23.1 Å². The van der Waals surface area contributed by atoms with Gasteiger partial charge in [0.25, 0.3) is 5.91 Å². The van der Waals surface area contributed by atoms with Gasteiger partial charge < -0.3 is 14.6 Å². The Hall–Kier alpha value is -3.08. The number of aromatic amines is 1. The molecule has 0 spiro atoms. The van der Waals surface area contributed by atoms with E-state index >= 15 is 0 Å². The number of H-pyrrole nitrogens is 1. The molecule has 0 aliphatic rings. The summed E-state index contributed by atoms with van der Waals surface area (Å²) in [6.45, 7) is 3.97. The number of rotatable bonds is 5. The molecule has 0 aliphatic heterocycles. The van der Waals surface area contributed by atoms with Crippen molar-refractivity contribution < 1.29 is 14.3 Å². The second-order valence-corrected chi connectivity index (χ2v) is 5.74. The number of carbonyl (C=O) groups excluding carboxylic acids is 2. The van der Waals surface area contributed by atoms with E-state index in [-0.39, 0.29) is 5.91 Å². The summed E-state index contributed by atoms with van der Waals surface area (Å²) in [4.78, 5) is 29.6. The number of anilines is 1. The third kappa shape index (κ3) is 3.55. The molecule has 0 aliphatic carbocycles. The number of nitrogens with one attached hydrogen (secondary N) is 1. The second kappa shape index (κ2) is 7.21. The van der Waals surface area contributed by atoms with Crippen LogP contribution in [0.3, 0.4) is 0 Å². The summed E-state index contributed by atoms with van der Waals surface area (Å²) in [5.74, 6) is -0.792. The van der Waals surface area contributed by atoms with Crippen LogP contribution in [0.25, 0.3) is 10.9 Å². The number of benzene rings is 2. The van der Waals surface area contributed by atoms with Crippen LogP contribution in [-0.4, -0.2) is 29.5 Å². The summed E-state index contributed by atoms with van der Waals surface area (Å²) in [7, 11) is 0. The molecule has 0 bridgehead atoms. The van der Waals surface area contributed by atoms with Gasteiger partial charge in [-0.1, -0.05) is 36.4 Å². The van der Waals surface area contributed by atoms with Gasteiger partial charge in [-0.15, -0.1) is 0 Å². The highest BCUT2D eigenvalue weighted by atomic mass is 16.5. The highest BCUT2D eigenvalue weighted by Crippen LogP contribution is 2.18. The lowest BCUT2D eigenvalue weighted by Crippen LogP contribution is -2.40. The number of hydrogen-bond donors (Lipinski definition) is 1. The first-order chi connectivity index (χ1) is 12.1. The molecule has 128 valence electrons. The third-order valence-electron chi connectivity index (χ3n) is 4.03. The topological polar surface area (TPSA) is 62.4 Å². The Morgan fingerprint density at radius 2 is 1.76 bits per heavy atom. The fourth-order valence-corrected chi connectivity index (χ4v) is 2.75. The third-order valence-corrected chi connectivity index (χ3v) is 4.03. The minimum Gasteiger partial charge on any atom is -0.448 e. The maximum absolute atomic E-state index is 12.7. The summed E-state index contributed by atoms with van der Waals surface area (Å²) in [5.41, 5.74) is 1.97.